The maximum Gasteiger partial charge on any atom is 0.335 e. The highest BCUT2D eigenvalue weighted by molar-refractivity contribution is 5.90. The van der Waals surface area contributed by atoms with Crippen molar-refractivity contribution in [3.63, 3.8) is 0 Å². The predicted octanol–water partition coefficient (Wildman–Crippen LogP) is -0.517. The van der Waals surface area contributed by atoms with E-state index in [1.54, 1.807) is 12.4 Å². The molecule has 0 bridgehead atoms. The van der Waals surface area contributed by atoms with E-state index in [2.05, 4.69) is 35.3 Å². The molecule has 1 spiro atoms. The average Bonchev–Trinajstić information content (AvgIpc) is 3.46. The second-order valence-corrected chi connectivity index (χ2v) is 8.47. The van der Waals surface area contributed by atoms with Gasteiger partial charge in [0.15, 0.2) is 5.82 Å². The van der Waals surface area contributed by atoms with Crippen molar-refractivity contribution in [1.82, 2.24) is 40.0 Å². The number of β-amino-alcohol motifs (C(OH)–C–C–N with tert-alkyl or cyclic N) is 1. The Balaban J connectivity index is 1.16. The second kappa shape index (κ2) is 8.52. The van der Waals surface area contributed by atoms with Gasteiger partial charge in [-0.25, -0.2) is 9.78 Å². The van der Waals surface area contributed by atoms with Crippen LogP contribution in [0, 0.1) is 0 Å². The number of esters is 1. The molecule has 0 aromatic carbocycles. The summed E-state index contributed by atoms with van der Waals surface area (Å²) in [5.41, 5.74) is 1.97. The van der Waals surface area contributed by atoms with Gasteiger partial charge in [-0.1, -0.05) is 0 Å². The number of carbonyl (C=O) groups excluding carboxylic acids is 1. The van der Waals surface area contributed by atoms with Crippen LogP contribution in [0.15, 0.2) is 30.0 Å². The Morgan fingerprint density at radius 1 is 1.22 bits per heavy atom. The van der Waals surface area contributed by atoms with Gasteiger partial charge in [-0.15, -0.1) is 5.10 Å². The van der Waals surface area contributed by atoms with E-state index in [0.29, 0.717) is 36.8 Å². The highest BCUT2D eigenvalue weighted by atomic mass is 16.5. The maximum atomic E-state index is 11.7. The standard InChI is InChI=1S/C20H26N8O4/c1-14-16(11-31-19(14)30)27-6-7-32-20(12-27)2-4-26(5-3-20)10-17(29)15-8-22-18(9-21-15)28-13-23-24-25-28/h8-9,13,17,29H,2-7,10-12H2,1H3. The number of aromatic nitrogens is 6. The number of rotatable bonds is 5. The fourth-order valence-corrected chi connectivity index (χ4v) is 4.54. The Labute approximate surface area is 184 Å². The van der Waals surface area contributed by atoms with Gasteiger partial charge in [0.25, 0.3) is 0 Å². The van der Waals surface area contributed by atoms with Gasteiger partial charge < -0.3 is 24.4 Å². The van der Waals surface area contributed by atoms with E-state index in [1.807, 2.05) is 6.92 Å². The number of carbonyl (C=O) groups is 1. The molecule has 0 saturated carbocycles. The molecule has 2 saturated heterocycles. The molecule has 1 N–H and O–H groups in total. The van der Waals surface area contributed by atoms with Crippen molar-refractivity contribution in [1.29, 1.82) is 0 Å². The highest BCUT2D eigenvalue weighted by Gasteiger charge is 2.41. The van der Waals surface area contributed by atoms with E-state index in [4.69, 9.17) is 9.47 Å². The third-order valence-corrected chi connectivity index (χ3v) is 6.49. The highest BCUT2D eigenvalue weighted by Crippen LogP contribution is 2.33. The third-order valence-electron chi connectivity index (χ3n) is 6.49. The van der Waals surface area contributed by atoms with Gasteiger partial charge in [0, 0.05) is 32.7 Å². The van der Waals surface area contributed by atoms with Crippen molar-refractivity contribution in [2.45, 2.75) is 31.5 Å². The lowest BCUT2D eigenvalue weighted by Crippen LogP contribution is -2.57. The first-order valence-corrected chi connectivity index (χ1v) is 10.7. The minimum Gasteiger partial charge on any atom is -0.456 e. The monoisotopic (exact) mass is 442 g/mol. The summed E-state index contributed by atoms with van der Waals surface area (Å²) in [6, 6.07) is 0. The molecule has 1 unspecified atom stereocenters. The van der Waals surface area contributed by atoms with Crippen molar-refractivity contribution in [3.8, 4) is 5.82 Å². The number of hydrogen-bond donors (Lipinski definition) is 1. The molecule has 32 heavy (non-hydrogen) atoms. The molecule has 5 rings (SSSR count). The number of tetrazole rings is 1. The second-order valence-electron chi connectivity index (χ2n) is 8.47. The van der Waals surface area contributed by atoms with Crippen LogP contribution in [-0.4, -0.2) is 103 Å². The molecule has 1 atom stereocenters. The molecule has 2 fully saturated rings. The van der Waals surface area contributed by atoms with Crippen molar-refractivity contribution in [3.05, 3.63) is 35.7 Å². The largest absolute Gasteiger partial charge is 0.456 e. The van der Waals surface area contributed by atoms with Crippen LogP contribution in [0.4, 0.5) is 0 Å². The molecule has 0 aliphatic carbocycles. The first-order valence-electron chi connectivity index (χ1n) is 10.7. The Kier molecular flexibility index (Phi) is 5.57. The number of aliphatic hydroxyl groups is 1. The zero-order valence-corrected chi connectivity index (χ0v) is 17.9. The maximum absolute atomic E-state index is 11.7. The first kappa shape index (κ1) is 20.9. The number of ether oxygens (including phenoxy) is 2. The molecule has 0 amide bonds. The van der Waals surface area contributed by atoms with Crippen LogP contribution in [0.2, 0.25) is 0 Å². The van der Waals surface area contributed by atoms with Gasteiger partial charge in [0.2, 0.25) is 0 Å². The number of morpholine rings is 1. The first-order chi connectivity index (χ1) is 15.5. The lowest BCUT2D eigenvalue weighted by Gasteiger charge is -2.48. The lowest BCUT2D eigenvalue weighted by atomic mass is 9.88. The van der Waals surface area contributed by atoms with Crippen molar-refractivity contribution in [2.75, 3.05) is 45.9 Å². The van der Waals surface area contributed by atoms with Crippen LogP contribution < -0.4 is 0 Å². The van der Waals surface area contributed by atoms with Crippen molar-refractivity contribution in [2.24, 2.45) is 0 Å². The molecule has 3 aliphatic heterocycles. The molecular formula is C20H26N8O4. The SMILES string of the molecule is CC1=C(N2CCOC3(CCN(CC(O)c4cnc(-n5cnnn5)cn4)CC3)C2)COC1=O. The molecule has 12 heteroatoms. The number of aliphatic hydroxyl groups excluding tert-OH is 1. The van der Waals surface area contributed by atoms with Crippen LogP contribution in [0.25, 0.3) is 5.82 Å². The fraction of sp³-hybridized carbons (Fsp3) is 0.600. The molecular weight excluding hydrogens is 416 g/mol. The molecule has 2 aromatic heterocycles. The van der Waals surface area contributed by atoms with Crippen LogP contribution in [0.3, 0.4) is 0 Å². The molecule has 170 valence electrons. The van der Waals surface area contributed by atoms with Gasteiger partial charge in [0.05, 0.1) is 41.6 Å². The smallest absolute Gasteiger partial charge is 0.335 e. The fourth-order valence-electron chi connectivity index (χ4n) is 4.54. The summed E-state index contributed by atoms with van der Waals surface area (Å²) in [6.45, 7) is 6.45. The average molecular weight is 442 g/mol. The molecule has 0 radical (unpaired) electrons. The zero-order chi connectivity index (χ0) is 22.1. The van der Waals surface area contributed by atoms with Gasteiger partial charge in [-0.2, -0.15) is 4.68 Å². The van der Waals surface area contributed by atoms with Gasteiger partial charge in [-0.05, 0) is 30.2 Å². The summed E-state index contributed by atoms with van der Waals surface area (Å²) >= 11 is 0. The van der Waals surface area contributed by atoms with E-state index in [-0.39, 0.29) is 11.6 Å². The van der Waals surface area contributed by atoms with Crippen LogP contribution in [0.5, 0.6) is 0 Å². The predicted molar refractivity (Wildman–Crippen MR) is 109 cm³/mol. The molecule has 5 heterocycles. The normalized spacial score (nSPS) is 22.4. The quantitative estimate of drug-likeness (QED) is 0.600. The van der Waals surface area contributed by atoms with Crippen LogP contribution >= 0.6 is 0 Å². The summed E-state index contributed by atoms with van der Waals surface area (Å²) in [5, 5.41) is 21.6. The topological polar surface area (TPSA) is 132 Å². The minimum atomic E-state index is -0.738. The molecule has 12 nitrogen and oxygen atoms in total. The van der Waals surface area contributed by atoms with Gasteiger partial charge in [-0.3, -0.25) is 4.98 Å². The van der Waals surface area contributed by atoms with E-state index < -0.39 is 6.10 Å². The van der Waals surface area contributed by atoms with E-state index in [0.717, 1.165) is 44.7 Å². The summed E-state index contributed by atoms with van der Waals surface area (Å²) in [4.78, 5) is 24.8. The summed E-state index contributed by atoms with van der Waals surface area (Å²) in [6.07, 6.45) is 5.52. The third kappa shape index (κ3) is 4.08. The number of nitrogens with zero attached hydrogens (tertiary/aromatic N) is 8. The van der Waals surface area contributed by atoms with Crippen molar-refractivity contribution >= 4 is 5.97 Å². The number of cyclic esters (lactones) is 1. The summed E-state index contributed by atoms with van der Waals surface area (Å²) in [7, 11) is 0. The van der Waals surface area contributed by atoms with E-state index in [1.165, 1.54) is 11.0 Å². The Morgan fingerprint density at radius 2 is 2.06 bits per heavy atom. The van der Waals surface area contributed by atoms with Gasteiger partial charge >= 0.3 is 5.97 Å². The zero-order valence-electron chi connectivity index (χ0n) is 17.9. The molecule has 3 aliphatic rings. The Bertz CT molecular complexity index is 986. The van der Waals surface area contributed by atoms with Crippen LogP contribution in [-0.2, 0) is 14.3 Å². The van der Waals surface area contributed by atoms with Gasteiger partial charge in [0.1, 0.15) is 19.0 Å². The number of piperidine rings is 1. The lowest BCUT2D eigenvalue weighted by molar-refractivity contribution is -0.137. The van der Waals surface area contributed by atoms with Crippen LogP contribution in [0.1, 0.15) is 31.6 Å². The summed E-state index contributed by atoms with van der Waals surface area (Å²) in [5.74, 6) is 0.267. The van der Waals surface area contributed by atoms with E-state index in [9.17, 15) is 9.90 Å². The Morgan fingerprint density at radius 3 is 2.72 bits per heavy atom. The van der Waals surface area contributed by atoms with E-state index >= 15 is 0 Å². The minimum absolute atomic E-state index is 0.224. The van der Waals surface area contributed by atoms with Crippen molar-refractivity contribution < 1.29 is 19.4 Å². The number of likely N-dealkylation sites (tertiary alicyclic amines) is 1. The summed E-state index contributed by atoms with van der Waals surface area (Å²) < 4.78 is 12.8. The Hall–Kier alpha value is -2.96. The molecule has 2 aromatic rings. The number of hydrogen-bond acceptors (Lipinski definition) is 11.